The fourth-order valence-corrected chi connectivity index (χ4v) is 2.61. The minimum atomic E-state index is -0.694. The highest BCUT2D eigenvalue weighted by Gasteiger charge is 2.35. The third-order valence-electron chi connectivity index (χ3n) is 3.67. The first-order valence-corrected chi connectivity index (χ1v) is 5.75. The van der Waals surface area contributed by atoms with Gasteiger partial charge in [0.1, 0.15) is 0 Å². The Morgan fingerprint density at radius 3 is 2.65 bits per heavy atom. The molecule has 94 valence electrons. The molecule has 17 heavy (non-hydrogen) atoms. The molecule has 1 aliphatic rings. The van der Waals surface area contributed by atoms with Crippen LogP contribution in [0, 0.1) is 6.92 Å². The summed E-state index contributed by atoms with van der Waals surface area (Å²) in [7, 11) is 0. The van der Waals surface area contributed by atoms with E-state index in [0.29, 0.717) is 0 Å². The Bertz CT molecular complexity index is 438. The van der Waals surface area contributed by atoms with Gasteiger partial charge in [0, 0.05) is 0 Å². The SMILES string of the molecule is Cc1ccc2c(c1)C(C)(C)CCC2C(=O)O.Cl. The molecule has 2 nitrogen and oxygen atoms in total. The molecule has 0 fully saturated rings. The summed E-state index contributed by atoms with van der Waals surface area (Å²) in [4.78, 5) is 11.2. The number of hydrogen-bond donors (Lipinski definition) is 1. The second-order valence-corrected chi connectivity index (χ2v) is 5.40. The lowest BCUT2D eigenvalue weighted by Crippen LogP contribution is -2.29. The molecule has 0 aliphatic heterocycles. The van der Waals surface area contributed by atoms with E-state index in [-0.39, 0.29) is 23.7 Å². The van der Waals surface area contributed by atoms with E-state index in [1.807, 2.05) is 12.1 Å². The normalized spacial score (nSPS) is 21.2. The minimum absolute atomic E-state index is 0. The van der Waals surface area contributed by atoms with Crippen LogP contribution in [0.4, 0.5) is 0 Å². The summed E-state index contributed by atoms with van der Waals surface area (Å²) in [5.41, 5.74) is 3.53. The van der Waals surface area contributed by atoms with Crippen LogP contribution in [0.5, 0.6) is 0 Å². The van der Waals surface area contributed by atoms with Gasteiger partial charge < -0.3 is 5.11 Å². The molecule has 0 radical (unpaired) electrons. The van der Waals surface area contributed by atoms with Crippen molar-refractivity contribution in [1.29, 1.82) is 0 Å². The number of carboxylic acid groups (broad SMARTS) is 1. The van der Waals surface area contributed by atoms with Crippen molar-refractivity contribution in [2.24, 2.45) is 0 Å². The number of aryl methyl sites for hydroxylation is 1. The third-order valence-corrected chi connectivity index (χ3v) is 3.67. The van der Waals surface area contributed by atoms with E-state index in [0.717, 1.165) is 18.4 Å². The first kappa shape index (κ1) is 14.0. The molecule has 1 aliphatic carbocycles. The summed E-state index contributed by atoms with van der Waals surface area (Å²) in [6.45, 7) is 6.45. The standard InChI is InChI=1S/C14H18O2.ClH/c1-9-4-5-10-11(13(15)16)6-7-14(2,3)12(10)8-9;/h4-5,8,11H,6-7H2,1-3H3,(H,15,16);1H. The molecule has 0 amide bonds. The van der Waals surface area contributed by atoms with Gasteiger partial charge in [-0.1, -0.05) is 37.6 Å². The van der Waals surface area contributed by atoms with Crippen LogP contribution in [0.3, 0.4) is 0 Å². The number of benzene rings is 1. The molecule has 0 spiro atoms. The van der Waals surface area contributed by atoms with Crippen molar-refractivity contribution in [3.8, 4) is 0 Å². The Balaban J connectivity index is 0.00000144. The average molecular weight is 255 g/mol. The topological polar surface area (TPSA) is 37.3 Å². The molecule has 0 saturated carbocycles. The summed E-state index contributed by atoms with van der Waals surface area (Å²) >= 11 is 0. The second kappa shape index (κ2) is 4.69. The monoisotopic (exact) mass is 254 g/mol. The number of carboxylic acids is 1. The van der Waals surface area contributed by atoms with Gasteiger partial charge in [-0.25, -0.2) is 0 Å². The molecule has 1 aromatic carbocycles. The van der Waals surface area contributed by atoms with Gasteiger partial charge in [-0.05, 0) is 36.3 Å². The van der Waals surface area contributed by atoms with Gasteiger partial charge in [-0.15, -0.1) is 12.4 Å². The van der Waals surface area contributed by atoms with Crippen LogP contribution >= 0.6 is 12.4 Å². The average Bonchev–Trinajstić information content (AvgIpc) is 2.18. The molecule has 1 atom stereocenters. The lowest BCUT2D eigenvalue weighted by atomic mass is 9.68. The number of carbonyl (C=O) groups is 1. The van der Waals surface area contributed by atoms with Crippen molar-refractivity contribution in [2.45, 2.75) is 44.9 Å². The highest BCUT2D eigenvalue weighted by Crippen LogP contribution is 2.42. The van der Waals surface area contributed by atoms with Crippen LogP contribution in [0.2, 0.25) is 0 Å². The fourth-order valence-electron chi connectivity index (χ4n) is 2.61. The van der Waals surface area contributed by atoms with E-state index in [9.17, 15) is 9.90 Å². The predicted octanol–water partition coefficient (Wildman–Crippen LogP) is 3.66. The molecular formula is C14H19ClO2. The maximum atomic E-state index is 11.2. The smallest absolute Gasteiger partial charge is 0.310 e. The van der Waals surface area contributed by atoms with Gasteiger partial charge in [0.25, 0.3) is 0 Å². The van der Waals surface area contributed by atoms with Crippen molar-refractivity contribution in [1.82, 2.24) is 0 Å². The first-order chi connectivity index (χ1) is 7.42. The number of hydrogen-bond acceptors (Lipinski definition) is 1. The van der Waals surface area contributed by atoms with E-state index < -0.39 is 5.97 Å². The fraction of sp³-hybridized carbons (Fsp3) is 0.500. The quantitative estimate of drug-likeness (QED) is 0.831. The van der Waals surface area contributed by atoms with E-state index in [2.05, 4.69) is 26.8 Å². The Hall–Kier alpha value is -1.02. The molecule has 1 aromatic rings. The molecule has 0 heterocycles. The second-order valence-electron chi connectivity index (χ2n) is 5.40. The van der Waals surface area contributed by atoms with Crippen molar-refractivity contribution >= 4 is 18.4 Å². The molecular weight excluding hydrogens is 236 g/mol. The first-order valence-electron chi connectivity index (χ1n) is 5.75. The van der Waals surface area contributed by atoms with Crippen molar-refractivity contribution in [3.63, 3.8) is 0 Å². The van der Waals surface area contributed by atoms with Gasteiger partial charge in [-0.2, -0.15) is 0 Å². The zero-order chi connectivity index (χ0) is 11.9. The van der Waals surface area contributed by atoms with Crippen molar-refractivity contribution in [2.75, 3.05) is 0 Å². The molecule has 1 unspecified atom stereocenters. The van der Waals surface area contributed by atoms with Crippen molar-refractivity contribution in [3.05, 3.63) is 34.9 Å². The number of aliphatic carboxylic acids is 1. The Kier molecular flexibility index (Phi) is 3.88. The van der Waals surface area contributed by atoms with Crippen LogP contribution in [-0.4, -0.2) is 11.1 Å². The van der Waals surface area contributed by atoms with Crippen LogP contribution in [0.1, 0.15) is 49.3 Å². The predicted molar refractivity (Wildman–Crippen MR) is 71.1 cm³/mol. The molecule has 3 heteroatoms. The minimum Gasteiger partial charge on any atom is -0.481 e. The van der Waals surface area contributed by atoms with Gasteiger partial charge in [0.2, 0.25) is 0 Å². The number of fused-ring (bicyclic) bond motifs is 1. The Morgan fingerprint density at radius 2 is 2.06 bits per heavy atom. The largest absolute Gasteiger partial charge is 0.481 e. The van der Waals surface area contributed by atoms with E-state index >= 15 is 0 Å². The van der Waals surface area contributed by atoms with Gasteiger partial charge in [0.15, 0.2) is 0 Å². The molecule has 2 rings (SSSR count). The van der Waals surface area contributed by atoms with Crippen LogP contribution in [0.25, 0.3) is 0 Å². The molecule has 0 bridgehead atoms. The van der Waals surface area contributed by atoms with Crippen LogP contribution < -0.4 is 0 Å². The summed E-state index contributed by atoms with van der Waals surface area (Å²) in [5.74, 6) is -1.01. The van der Waals surface area contributed by atoms with Gasteiger partial charge in [0.05, 0.1) is 5.92 Å². The summed E-state index contributed by atoms with van der Waals surface area (Å²) < 4.78 is 0. The van der Waals surface area contributed by atoms with E-state index in [1.165, 1.54) is 11.1 Å². The molecule has 0 saturated heterocycles. The van der Waals surface area contributed by atoms with Gasteiger partial charge >= 0.3 is 5.97 Å². The molecule has 1 N–H and O–H groups in total. The molecule has 0 aromatic heterocycles. The Labute approximate surface area is 108 Å². The lowest BCUT2D eigenvalue weighted by Gasteiger charge is -2.35. The van der Waals surface area contributed by atoms with Crippen LogP contribution in [-0.2, 0) is 10.2 Å². The Morgan fingerprint density at radius 1 is 1.41 bits per heavy atom. The third kappa shape index (κ3) is 2.47. The van der Waals surface area contributed by atoms with E-state index in [1.54, 1.807) is 0 Å². The van der Waals surface area contributed by atoms with Crippen LogP contribution in [0.15, 0.2) is 18.2 Å². The zero-order valence-electron chi connectivity index (χ0n) is 10.5. The highest BCUT2D eigenvalue weighted by molar-refractivity contribution is 5.85. The highest BCUT2D eigenvalue weighted by atomic mass is 35.5. The summed E-state index contributed by atoms with van der Waals surface area (Å²) in [5, 5.41) is 9.22. The maximum Gasteiger partial charge on any atom is 0.310 e. The lowest BCUT2D eigenvalue weighted by molar-refractivity contribution is -0.139. The van der Waals surface area contributed by atoms with E-state index in [4.69, 9.17) is 0 Å². The number of rotatable bonds is 1. The van der Waals surface area contributed by atoms with Crippen molar-refractivity contribution < 1.29 is 9.90 Å². The van der Waals surface area contributed by atoms with Gasteiger partial charge in [-0.3, -0.25) is 4.79 Å². The zero-order valence-corrected chi connectivity index (χ0v) is 11.3. The summed E-state index contributed by atoms with van der Waals surface area (Å²) in [6.07, 6.45) is 1.69. The number of halogens is 1. The summed E-state index contributed by atoms with van der Waals surface area (Å²) in [6, 6.07) is 6.14. The maximum absolute atomic E-state index is 11.2.